The lowest BCUT2D eigenvalue weighted by atomic mass is 9.74. The zero-order valence-electron chi connectivity index (χ0n) is 10.8. The van der Waals surface area contributed by atoms with E-state index in [4.69, 9.17) is 0 Å². The summed E-state index contributed by atoms with van der Waals surface area (Å²) in [6, 6.07) is 0.559. The molecule has 0 aromatic rings. The number of rotatable bonds is 4. The average molecular weight is 241 g/mol. The van der Waals surface area contributed by atoms with Crippen LogP contribution in [-0.4, -0.2) is 35.5 Å². The second kappa shape index (κ2) is 6.17. The van der Waals surface area contributed by atoms with Gasteiger partial charge in [-0.2, -0.15) is 0 Å². The van der Waals surface area contributed by atoms with Gasteiger partial charge in [-0.3, -0.25) is 0 Å². The van der Waals surface area contributed by atoms with Crippen molar-refractivity contribution in [3.8, 4) is 0 Å². The van der Waals surface area contributed by atoms with Gasteiger partial charge in [0.25, 0.3) is 0 Å². The standard InChI is InChI=1S/C14H27NO2/c16-11-14(8-2-1-3-9-14)10-15-12-4-6-13(17)7-5-12/h12-13,15-17H,1-11H2. The fourth-order valence-electron chi connectivity index (χ4n) is 3.33. The average Bonchev–Trinajstić information content (AvgIpc) is 2.39. The summed E-state index contributed by atoms with van der Waals surface area (Å²) < 4.78 is 0. The molecule has 0 aromatic heterocycles. The van der Waals surface area contributed by atoms with Crippen molar-refractivity contribution < 1.29 is 10.2 Å². The van der Waals surface area contributed by atoms with Crippen LogP contribution in [0.2, 0.25) is 0 Å². The monoisotopic (exact) mass is 241 g/mol. The maximum absolute atomic E-state index is 9.63. The Morgan fingerprint density at radius 3 is 2.24 bits per heavy atom. The molecule has 0 saturated heterocycles. The van der Waals surface area contributed by atoms with Crippen molar-refractivity contribution in [2.45, 2.75) is 69.9 Å². The zero-order chi connectivity index (χ0) is 12.1. The Balaban J connectivity index is 1.75. The van der Waals surface area contributed by atoms with E-state index >= 15 is 0 Å². The molecule has 3 heteroatoms. The van der Waals surface area contributed by atoms with Crippen LogP contribution < -0.4 is 5.32 Å². The fraction of sp³-hybridized carbons (Fsp3) is 1.00. The van der Waals surface area contributed by atoms with Gasteiger partial charge in [0.2, 0.25) is 0 Å². The molecule has 17 heavy (non-hydrogen) atoms. The van der Waals surface area contributed by atoms with Gasteiger partial charge in [-0.15, -0.1) is 0 Å². The van der Waals surface area contributed by atoms with Gasteiger partial charge < -0.3 is 15.5 Å². The summed E-state index contributed by atoms with van der Waals surface area (Å²) >= 11 is 0. The Labute approximate surface area is 105 Å². The van der Waals surface area contributed by atoms with E-state index in [0.717, 1.165) is 32.2 Å². The number of hydrogen-bond donors (Lipinski definition) is 3. The van der Waals surface area contributed by atoms with Crippen molar-refractivity contribution in [2.24, 2.45) is 5.41 Å². The lowest BCUT2D eigenvalue weighted by Gasteiger charge is -2.38. The summed E-state index contributed by atoms with van der Waals surface area (Å²) in [7, 11) is 0. The van der Waals surface area contributed by atoms with Crippen LogP contribution >= 0.6 is 0 Å². The van der Waals surface area contributed by atoms with Gasteiger partial charge in [-0.05, 0) is 38.5 Å². The third-order valence-corrected chi connectivity index (χ3v) is 4.71. The first-order valence-electron chi connectivity index (χ1n) is 7.26. The van der Waals surface area contributed by atoms with E-state index in [9.17, 15) is 10.2 Å². The smallest absolute Gasteiger partial charge is 0.0541 e. The summed E-state index contributed by atoms with van der Waals surface area (Å²) in [4.78, 5) is 0. The highest BCUT2D eigenvalue weighted by Gasteiger charge is 2.32. The van der Waals surface area contributed by atoms with Crippen LogP contribution in [0.15, 0.2) is 0 Å². The predicted molar refractivity (Wildman–Crippen MR) is 68.9 cm³/mol. The van der Waals surface area contributed by atoms with Gasteiger partial charge in [-0.1, -0.05) is 19.3 Å². The van der Waals surface area contributed by atoms with Crippen LogP contribution in [0.1, 0.15) is 57.8 Å². The van der Waals surface area contributed by atoms with Crippen molar-refractivity contribution in [2.75, 3.05) is 13.2 Å². The molecule has 0 aromatic carbocycles. The van der Waals surface area contributed by atoms with Crippen LogP contribution in [0.3, 0.4) is 0 Å². The summed E-state index contributed by atoms with van der Waals surface area (Å²) in [5, 5.41) is 22.7. The maximum Gasteiger partial charge on any atom is 0.0541 e. The highest BCUT2D eigenvalue weighted by atomic mass is 16.3. The topological polar surface area (TPSA) is 52.5 Å². The van der Waals surface area contributed by atoms with E-state index in [-0.39, 0.29) is 11.5 Å². The Morgan fingerprint density at radius 1 is 1.00 bits per heavy atom. The van der Waals surface area contributed by atoms with Crippen LogP contribution in [0.25, 0.3) is 0 Å². The van der Waals surface area contributed by atoms with E-state index in [1.807, 2.05) is 0 Å². The van der Waals surface area contributed by atoms with Crippen LogP contribution in [-0.2, 0) is 0 Å². The number of hydrogen-bond acceptors (Lipinski definition) is 3. The number of aliphatic hydroxyl groups is 2. The Hall–Kier alpha value is -0.120. The molecule has 2 fully saturated rings. The quantitative estimate of drug-likeness (QED) is 0.704. The largest absolute Gasteiger partial charge is 0.396 e. The third kappa shape index (κ3) is 3.67. The highest BCUT2D eigenvalue weighted by molar-refractivity contribution is 4.86. The van der Waals surface area contributed by atoms with Gasteiger partial charge in [0, 0.05) is 24.6 Å². The third-order valence-electron chi connectivity index (χ3n) is 4.71. The molecule has 0 amide bonds. The molecule has 2 aliphatic carbocycles. The first-order chi connectivity index (χ1) is 8.24. The molecule has 0 unspecified atom stereocenters. The Morgan fingerprint density at radius 2 is 1.65 bits per heavy atom. The van der Waals surface area contributed by atoms with Crippen LogP contribution in [0.5, 0.6) is 0 Å². The van der Waals surface area contributed by atoms with Crippen molar-refractivity contribution in [3.05, 3.63) is 0 Å². The fourth-order valence-corrected chi connectivity index (χ4v) is 3.33. The van der Waals surface area contributed by atoms with E-state index in [1.165, 1.54) is 32.1 Å². The molecule has 0 spiro atoms. The second-order valence-electron chi connectivity index (χ2n) is 6.11. The predicted octanol–water partition coefficient (Wildman–Crippen LogP) is 1.82. The molecule has 2 rings (SSSR count). The van der Waals surface area contributed by atoms with Gasteiger partial charge in [0.15, 0.2) is 0 Å². The van der Waals surface area contributed by atoms with Gasteiger partial charge >= 0.3 is 0 Å². The molecule has 3 N–H and O–H groups in total. The zero-order valence-corrected chi connectivity index (χ0v) is 10.8. The van der Waals surface area contributed by atoms with Crippen molar-refractivity contribution in [1.29, 1.82) is 0 Å². The lowest BCUT2D eigenvalue weighted by molar-refractivity contribution is 0.0697. The summed E-state index contributed by atoms with van der Waals surface area (Å²) in [5.74, 6) is 0. The second-order valence-corrected chi connectivity index (χ2v) is 6.11. The molecule has 0 atom stereocenters. The normalized spacial score (nSPS) is 33.5. The van der Waals surface area contributed by atoms with Gasteiger partial charge in [-0.25, -0.2) is 0 Å². The van der Waals surface area contributed by atoms with Crippen molar-refractivity contribution in [1.82, 2.24) is 5.32 Å². The summed E-state index contributed by atoms with van der Waals surface area (Å²) in [5.41, 5.74) is 0.147. The number of aliphatic hydroxyl groups excluding tert-OH is 2. The minimum absolute atomic E-state index is 0.0745. The number of nitrogens with one attached hydrogen (secondary N) is 1. The van der Waals surface area contributed by atoms with E-state index in [2.05, 4.69) is 5.32 Å². The van der Waals surface area contributed by atoms with E-state index in [0.29, 0.717) is 12.6 Å². The molecule has 3 nitrogen and oxygen atoms in total. The molecule has 2 aliphatic rings. The molecular formula is C14H27NO2. The molecule has 100 valence electrons. The molecular weight excluding hydrogens is 214 g/mol. The Bertz CT molecular complexity index is 218. The maximum atomic E-state index is 9.63. The minimum Gasteiger partial charge on any atom is -0.396 e. The molecule has 0 radical (unpaired) electrons. The first-order valence-corrected chi connectivity index (χ1v) is 7.26. The molecule has 0 heterocycles. The van der Waals surface area contributed by atoms with Crippen molar-refractivity contribution in [3.63, 3.8) is 0 Å². The lowest BCUT2D eigenvalue weighted by Crippen LogP contribution is -2.44. The molecule has 0 bridgehead atoms. The van der Waals surface area contributed by atoms with Gasteiger partial charge in [0.1, 0.15) is 0 Å². The van der Waals surface area contributed by atoms with Crippen LogP contribution in [0, 0.1) is 5.41 Å². The van der Waals surface area contributed by atoms with Crippen molar-refractivity contribution >= 4 is 0 Å². The highest BCUT2D eigenvalue weighted by Crippen LogP contribution is 2.35. The first kappa shape index (κ1) is 13.3. The van der Waals surface area contributed by atoms with Crippen LogP contribution in [0.4, 0.5) is 0 Å². The molecule has 2 saturated carbocycles. The Kier molecular flexibility index (Phi) is 4.83. The minimum atomic E-state index is -0.0745. The SMILES string of the molecule is OCC1(CNC2CCC(O)CC2)CCCCC1. The van der Waals surface area contributed by atoms with E-state index in [1.54, 1.807) is 0 Å². The van der Waals surface area contributed by atoms with E-state index < -0.39 is 0 Å². The van der Waals surface area contributed by atoms with Gasteiger partial charge in [0.05, 0.1) is 6.10 Å². The summed E-state index contributed by atoms with van der Waals surface area (Å²) in [6.07, 6.45) is 10.2. The summed E-state index contributed by atoms with van der Waals surface area (Å²) in [6.45, 7) is 1.29. The molecule has 0 aliphatic heterocycles.